The van der Waals surface area contributed by atoms with E-state index in [2.05, 4.69) is 15.7 Å². The molecule has 8 nitrogen and oxygen atoms in total. The third-order valence-corrected chi connectivity index (χ3v) is 5.66. The number of fused-ring (bicyclic) bond motifs is 1. The van der Waals surface area contributed by atoms with Gasteiger partial charge in [-0.25, -0.2) is 4.98 Å². The van der Waals surface area contributed by atoms with Gasteiger partial charge in [0.05, 0.1) is 29.9 Å². The molecule has 2 aromatic carbocycles. The number of methoxy groups -OCH3 is 1. The van der Waals surface area contributed by atoms with E-state index in [1.54, 1.807) is 23.9 Å². The number of ether oxygens (including phenoxy) is 1. The molecule has 0 bridgehead atoms. The Labute approximate surface area is 205 Å². The molecule has 0 saturated heterocycles. The average molecular weight is 498 g/mol. The molecule has 2 N–H and O–H groups in total. The second kappa shape index (κ2) is 9.70. The van der Waals surface area contributed by atoms with Gasteiger partial charge >= 0.3 is 0 Å². The lowest BCUT2D eigenvalue weighted by Crippen LogP contribution is -2.33. The van der Waals surface area contributed by atoms with E-state index >= 15 is 0 Å². The normalized spacial score (nSPS) is 10.9. The molecule has 0 aliphatic heterocycles. The molecular weight excluding hydrogens is 477 g/mol. The van der Waals surface area contributed by atoms with Crippen molar-refractivity contribution < 1.29 is 14.3 Å². The first-order valence-corrected chi connectivity index (χ1v) is 11.1. The molecule has 0 spiro atoms. The molecule has 4 rings (SSSR count). The van der Waals surface area contributed by atoms with Gasteiger partial charge in [-0.15, -0.1) is 0 Å². The number of benzene rings is 2. The molecule has 10 heteroatoms. The van der Waals surface area contributed by atoms with Crippen molar-refractivity contribution >= 4 is 51.7 Å². The van der Waals surface area contributed by atoms with Gasteiger partial charge in [-0.1, -0.05) is 35.3 Å². The van der Waals surface area contributed by atoms with E-state index in [9.17, 15) is 9.59 Å². The van der Waals surface area contributed by atoms with Gasteiger partial charge in [0.25, 0.3) is 5.91 Å². The number of halogens is 2. The van der Waals surface area contributed by atoms with Crippen LogP contribution in [0, 0.1) is 13.8 Å². The summed E-state index contributed by atoms with van der Waals surface area (Å²) in [7, 11) is 1.59. The fourth-order valence-electron chi connectivity index (χ4n) is 3.53. The van der Waals surface area contributed by atoms with Crippen molar-refractivity contribution in [1.82, 2.24) is 20.1 Å². The lowest BCUT2D eigenvalue weighted by Gasteiger charge is -2.12. The van der Waals surface area contributed by atoms with Gasteiger partial charge < -0.3 is 15.4 Å². The Balaban J connectivity index is 1.55. The van der Waals surface area contributed by atoms with Gasteiger partial charge in [0.2, 0.25) is 5.91 Å². The fourth-order valence-corrected chi connectivity index (χ4v) is 4.02. The molecule has 0 atom stereocenters. The molecule has 0 unspecified atom stereocenters. The van der Waals surface area contributed by atoms with Crippen LogP contribution in [0.1, 0.15) is 21.6 Å². The summed E-state index contributed by atoms with van der Waals surface area (Å²) in [5.41, 5.74) is 2.59. The molecule has 0 radical (unpaired) electrons. The maximum absolute atomic E-state index is 12.6. The predicted molar refractivity (Wildman–Crippen MR) is 132 cm³/mol. The minimum Gasteiger partial charge on any atom is -0.494 e. The molecule has 174 valence electrons. The fraction of sp³-hybridized carbons (Fsp3) is 0.167. The predicted octanol–water partition coefficient (Wildman–Crippen LogP) is 4.72. The number of pyridine rings is 1. The average Bonchev–Trinajstić information content (AvgIpc) is 3.16. The Morgan fingerprint density at radius 2 is 1.88 bits per heavy atom. The molecule has 2 heterocycles. The maximum Gasteiger partial charge on any atom is 0.253 e. The number of aromatic nitrogens is 3. The van der Waals surface area contributed by atoms with Crippen molar-refractivity contribution in [1.29, 1.82) is 0 Å². The van der Waals surface area contributed by atoms with Gasteiger partial charge in [0.1, 0.15) is 17.1 Å². The lowest BCUT2D eigenvalue weighted by molar-refractivity contribution is -0.115. The Hall–Kier alpha value is -3.62. The standard InChI is InChI=1S/C24H21Cl2N5O3/c1-13-9-20(29-23-16(13)5-4-6-19(23)34-3)31-21(10-14(2)30-31)28-22(32)12-27-24(33)17-8-7-15(25)11-18(17)26/h4-11H,12H2,1-3H3,(H,27,33)(H,28,32). The van der Waals surface area contributed by atoms with E-state index in [1.165, 1.54) is 12.1 Å². The molecular formula is C24H21Cl2N5O3. The minimum atomic E-state index is -0.486. The van der Waals surface area contributed by atoms with Crippen LogP contribution in [0.4, 0.5) is 5.82 Å². The lowest BCUT2D eigenvalue weighted by atomic mass is 10.1. The van der Waals surface area contributed by atoms with Gasteiger partial charge in [0.15, 0.2) is 5.82 Å². The highest BCUT2D eigenvalue weighted by molar-refractivity contribution is 6.36. The first-order valence-electron chi connectivity index (χ1n) is 10.3. The van der Waals surface area contributed by atoms with Gasteiger partial charge in [-0.2, -0.15) is 9.78 Å². The quantitative estimate of drug-likeness (QED) is 0.401. The Kier molecular flexibility index (Phi) is 6.72. The largest absolute Gasteiger partial charge is 0.494 e. The molecule has 0 aliphatic rings. The summed E-state index contributed by atoms with van der Waals surface area (Å²) in [6.07, 6.45) is 0. The second-order valence-electron chi connectivity index (χ2n) is 7.59. The maximum atomic E-state index is 12.6. The van der Waals surface area contributed by atoms with E-state index in [0.29, 0.717) is 33.6 Å². The monoisotopic (exact) mass is 497 g/mol. The van der Waals surface area contributed by atoms with Gasteiger partial charge in [-0.05, 0) is 49.7 Å². The number of rotatable bonds is 6. The van der Waals surface area contributed by atoms with Crippen LogP contribution in [0.15, 0.2) is 48.5 Å². The van der Waals surface area contributed by atoms with E-state index in [-0.39, 0.29) is 17.1 Å². The van der Waals surface area contributed by atoms with Crippen molar-refractivity contribution in [3.63, 3.8) is 0 Å². The molecule has 0 fully saturated rings. The first-order chi connectivity index (χ1) is 16.3. The van der Waals surface area contributed by atoms with Crippen molar-refractivity contribution in [3.05, 3.63) is 75.4 Å². The van der Waals surface area contributed by atoms with Crippen LogP contribution in [0.2, 0.25) is 10.0 Å². The van der Waals surface area contributed by atoms with E-state index < -0.39 is 11.8 Å². The number of amides is 2. The van der Waals surface area contributed by atoms with Crippen molar-refractivity contribution in [2.75, 3.05) is 19.0 Å². The highest BCUT2D eigenvalue weighted by Crippen LogP contribution is 2.28. The highest BCUT2D eigenvalue weighted by Gasteiger charge is 2.16. The van der Waals surface area contributed by atoms with Crippen LogP contribution < -0.4 is 15.4 Å². The third-order valence-electron chi connectivity index (χ3n) is 5.12. The second-order valence-corrected chi connectivity index (χ2v) is 8.44. The number of anilines is 1. The van der Waals surface area contributed by atoms with E-state index in [0.717, 1.165) is 10.9 Å². The zero-order valence-electron chi connectivity index (χ0n) is 18.6. The minimum absolute atomic E-state index is 0.201. The first kappa shape index (κ1) is 23.5. The molecule has 4 aromatic rings. The van der Waals surface area contributed by atoms with Gasteiger partial charge in [0, 0.05) is 16.5 Å². The summed E-state index contributed by atoms with van der Waals surface area (Å²) in [6, 6.07) is 13.8. The molecule has 2 aromatic heterocycles. The zero-order valence-corrected chi connectivity index (χ0v) is 20.2. The smallest absolute Gasteiger partial charge is 0.253 e. The van der Waals surface area contributed by atoms with E-state index in [1.807, 2.05) is 38.1 Å². The van der Waals surface area contributed by atoms with Crippen molar-refractivity contribution in [2.24, 2.45) is 0 Å². The summed E-state index contributed by atoms with van der Waals surface area (Å²) in [4.78, 5) is 29.7. The van der Waals surface area contributed by atoms with Crippen molar-refractivity contribution in [3.8, 4) is 11.6 Å². The topological polar surface area (TPSA) is 98.1 Å². The Morgan fingerprint density at radius 1 is 1.09 bits per heavy atom. The Morgan fingerprint density at radius 3 is 2.62 bits per heavy atom. The number of para-hydroxylation sites is 1. The number of nitrogens with zero attached hydrogens (tertiary/aromatic N) is 3. The summed E-state index contributed by atoms with van der Waals surface area (Å²) in [5, 5.41) is 11.4. The highest BCUT2D eigenvalue weighted by atomic mass is 35.5. The van der Waals surface area contributed by atoms with Crippen LogP contribution >= 0.6 is 23.2 Å². The van der Waals surface area contributed by atoms with Crippen LogP contribution in [-0.2, 0) is 4.79 Å². The molecule has 34 heavy (non-hydrogen) atoms. The number of nitrogens with one attached hydrogen (secondary N) is 2. The van der Waals surface area contributed by atoms with Gasteiger partial charge in [-0.3, -0.25) is 9.59 Å². The molecule has 0 saturated carbocycles. The van der Waals surface area contributed by atoms with Crippen LogP contribution in [0.25, 0.3) is 16.7 Å². The third kappa shape index (κ3) is 4.83. The van der Waals surface area contributed by atoms with Crippen LogP contribution in [0.5, 0.6) is 5.75 Å². The van der Waals surface area contributed by atoms with E-state index in [4.69, 9.17) is 32.9 Å². The number of hydrogen-bond donors (Lipinski definition) is 2. The SMILES string of the molecule is COc1cccc2c(C)cc(-n3nc(C)cc3NC(=O)CNC(=O)c3ccc(Cl)cc3Cl)nc12. The summed E-state index contributed by atoms with van der Waals surface area (Å²) >= 11 is 11.9. The molecule has 0 aliphatic carbocycles. The molecule has 2 amide bonds. The summed E-state index contributed by atoms with van der Waals surface area (Å²) < 4.78 is 7.01. The number of carbonyl (C=O) groups excluding carboxylic acids is 2. The number of hydrogen-bond acceptors (Lipinski definition) is 5. The number of aryl methyl sites for hydroxylation is 2. The van der Waals surface area contributed by atoms with Crippen molar-refractivity contribution in [2.45, 2.75) is 13.8 Å². The zero-order chi connectivity index (χ0) is 24.4. The van der Waals surface area contributed by atoms with Crippen LogP contribution in [-0.4, -0.2) is 40.2 Å². The number of carbonyl (C=O) groups is 2. The Bertz CT molecular complexity index is 1420. The summed E-state index contributed by atoms with van der Waals surface area (Å²) in [6.45, 7) is 3.52. The van der Waals surface area contributed by atoms with Crippen LogP contribution in [0.3, 0.4) is 0 Å². The summed E-state index contributed by atoms with van der Waals surface area (Å²) in [5.74, 6) is 0.660.